The Balaban J connectivity index is 2.23. The molecule has 1 aliphatic heterocycles. The number of aliphatic hydroxyl groups excluding tert-OH is 1. The zero-order valence-electron chi connectivity index (χ0n) is 10.8. The number of aliphatic hydroxyl groups is 1. The molecule has 2 rings (SSSR count). The molecule has 0 bridgehead atoms. The van der Waals surface area contributed by atoms with E-state index in [0.29, 0.717) is 18.4 Å². The van der Waals surface area contributed by atoms with Gasteiger partial charge in [-0.1, -0.05) is 18.7 Å². The molecule has 2 aliphatic rings. The van der Waals surface area contributed by atoms with Gasteiger partial charge < -0.3 is 9.84 Å². The van der Waals surface area contributed by atoms with Gasteiger partial charge in [-0.2, -0.15) is 0 Å². The monoisotopic (exact) mass is 248 g/mol. The molecule has 3 heteroatoms. The van der Waals surface area contributed by atoms with E-state index >= 15 is 0 Å². The third-order valence-electron chi connectivity index (χ3n) is 3.86. The molecule has 0 radical (unpaired) electrons. The first kappa shape index (κ1) is 13.1. The van der Waals surface area contributed by atoms with Gasteiger partial charge in [0.05, 0.1) is 6.10 Å². The van der Waals surface area contributed by atoms with Crippen LogP contribution in [0.3, 0.4) is 0 Å². The van der Waals surface area contributed by atoms with Crippen molar-refractivity contribution in [2.24, 2.45) is 5.92 Å². The second-order valence-electron chi connectivity index (χ2n) is 5.27. The molecule has 0 aromatic rings. The highest BCUT2D eigenvalue weighted by Gasteiger charge is 2.37. The summed E-state index contributed by atoms with van der Waals surface area (Å²) in [6, 6.07) is 0. The van der Waals surface area contributed by atoms with Gasteiger partial charge in [0, 0.05) is 11.5 Å². The normalized spacial score (nSPS) is 36.7. The first-order valence-corrected chi connectivity index (χ1v) is 6.42. The number of hydrogen-bond donors (Lipinski definition) is 1. The summed E-state index contributed by atoms with van der Waals surface area (Å²) in [4.78, 5) is 11.6. The number of esters is 1. The smallest absolute Gasteiger partial charge is 0.334 e. The summed E-state index contributed by atoms with van der Waals surface area (Å²) in [5.41, 5.74) is 2.53. The van der Waals surface area contributed by atoms with E-state index in [4.69, 9.17) is 4.74 Å². The fourth-order valence-corrected chi connectivity index (χ4v) is 2.56. The van der Waals surface area contributed by atoms with E-state index in [1.54, 1.807) is 0 Å². The van der Waals surface area contributed by atoms with Gasteiger partial charge in [-0.05, 0) is 44.3 Å². The molecule has 1 heterocycles. The zero-order chi connectivity index (χ0) is 13.3. The van der Waals surface area contributed by atoms with Gasteiger partial charge >= 0.3 is 5.97 Å². The largest absolute Gasteiger partial charge is 0.454 e. The maximum Gasteiger partial charge on any atom is 0.334 e. The lowest BCUT2D eigenvalue weighted by atomic mass is 9.86. The average Bonchev–Trinajstić information content (AvgIpc) is 2.58. The predicted molar refractivity (Wildman–Crippen MR) is 69.9 cm³/mol. The molecule has 1 fully saturated rings. The van der Waals surface area contributed by atoms with E-state index in [9.17, 15) is 9.90 Å². The Morgan fingerprint density at radius 1 is 1.33 bits per heavy atom. The van der Waals surface area contributed by atoms with E-state index in [-0.39, 0.29) is 18.0 Å². The molecular weight excluding hydrogens is 228 g/mol. The summed E-state index contributed by atoms with van der Waals surface area (Å²) < 4.78 is 5.33. The molecule has 18 heavy (non-hydrogen) atoms. The molecule has 0 amide bonds. The standard InChI is InChI=1S/C15H20O3/c1-9-4-7-13(16)10(2)5-6-12-11(3)15(17)18-14(12)8-9/h8,12-14,16H,2-7H2,1H3/b9-8+/t12-,13+,14-/m0/s1. The van der Waals surface area contributed by atoms with Gasteiger partial charge in [-0.25, -0.2) is 4.79 Å². The van der Waals surface area contributed by atoms with Crippen molar-refractivity contribution in [1.82, 2.24) is 0 Å². The number of rotatable bonds is 0. The Hall–Kier alpha value is -1.35. The van der Waals surface area contributed by atoms with Crippen molar-refractivity contribution in [1.29, 1.82) is 0 Å². The highest BCUT2D eigenvalue weighted by atomic mass is 16.5. The summed E-state index contributed by atoms with van der Waals surface area (Å²) in [6.45, 7) is 9.75. The SMILES string of the molecule is C=C1CC[C@H]2C(=C)C(=O)O[C@H]2/C=C(\C)CC[C@H]1O. The fourth-order valence-electron chi connectivity index (χ4n) is 2.56. The lowest BCUT2D eigenvalue weighted by Crippen LogP contribution is -2.18. The van der Waals surface area contributed by atoms with Crippen molar-refractivity contribution >= 4 is 5.97 Å². The molecule has 1 aliphatic carbocycles. The first-order valence-electron chi connectivity index (χ1n) is 6.42. The van der Waals surface area contributed by atoms with Gasteiger partial charge in [-0.15, -0.1) is 0 Å². The van der Waals surface area contributed by atoms with Crippen molar-refractivity contribution in [3.05, 3.63) is 36.0 Å². The van der Waals surface area contributed by atoms with Crippen molar-refractivity contribution in [3.8, 4) is 0 Å². The third-order valence-corrected chi connectivity index (χ3v) is 3.86. The Labute approximate surface area is 108 Å². The van der Waals surface area contributed by atoms with E-state index < -0.39 is 6.10 Å². The van der Waals surface area contributed by atoms with Crippen LogP contribution in [0.2, 0.25) is 0 Å². The van der Waals surface area contributed by atoms with Crippen molar-refractivity contribution in [3.63, 3.8) is 0 Å². The first-order chi connectivity index (χ1) is 8.49. The second-order valence-corrected chi connectivity index (χ2v) is 5.27. The van der Waals surface area contributed by atoms with Crippen LogP contribution in [0.1, 0.15) is 32.6 Å². The number of hydrogen-bond acceptors (Lipinski definition) is 3. The van der Waals surface area contributed by atoms with E-state index in [1.807, 2.05) is 13.0 Å². The Morgan fingerprint density at radius 3 is 2.78 bits per heavy atom. The van der Waals surface area contributed by atoms with Crippen molar-refractivity contribution < 1.29 is 14.6 Å². The summed E-state index contributed by atoms with van der Waals surface area (Å²) in [7, 11) is 0. The summed E-state index contributed by atoms with van der Waals surface area (Å²) in [5, 5.41) is 9.93. The maximum absolute atomic E-state index is 11.6. The molecular formula is C15H20O3. The second kappa shape index (κ2) is 5.11. The van der Waals surface area contributed by atoms with Crippen molar-refractivity contribution in [2.45, 2.75) is 44.8 Å². The highest BCUT2D eigenvalue weighted by Crippen LogP contribution is 2.34. The maximum atomic E-state index is 11.6. The van der Waals surface area contributed by atoms with E-state index in [0.717, 1.165) is 24.0 Å². The number of carbonyl (C=O) groups is 1. The number of allylic oxidation sites excluding steroid dienone is 1. The zero-order valence-corrected chi connectivity index (χ0v) is 10.8. The fraction of sp³-hybridized carbons (Fsp3) is 0.533. The summed E-state index contributed by atoms with van der Waals surface area (Å²) in [6.07, 6.45) is 4.33. The van der Waals surface area contributed by atoms with Crippen LogP contribution in [0.4, 0.5) is 0 Å². The molecule has 0 aromatic heterocycles. The third kappa shape index (κ3) is 2.56. The highest BCUT2D eigenvalue weighted by molar-refractivity contribution is 5.91. The molecule has 0 unspecified atom stereocenters. The minimum Gasteiger partial charge on any atom is -0.454 e. The molecule has 1 N–H and O–H groups in total. The quantitative estimate of drug-likeness (QED) is 0.407. The number of ether oxygens (including phenoxy) is 1. The minimum absolute atomic E-state index is 0.0227. The van der Waals surface area contributed by atoms with Gasteiger partial charge in [0.1, 0.15) is 6.10 Å². The Morgan fingerprint density at radius 2 is 2.06 bits per heavy atom. The molecule has 0 aromatic carbocycles. The molecule has 3 nitrogen and oxygen atoms in total. The van der Waals surface area contributed by atoms with Crippen LogP contribution < -0.4 is 0 Å². The molecule has 1 saturated heterocycles. The Kier molecular flexibility index (Phi) is 3.71. The van der Waals surface area contributed by atoms with E-state index in [2.05, 4.69) is 13.2 Å². The lowest BCUT2D eigenvalue weighted by molar-refractivity contribution is -0.137. The topological polar surface area (TPSA) is 46.5 Å². The van der Waals surface area contributed by atoms with Crippen LogP contribution in [0, 0.1) is 5.92 Å². The van der Waals surface area contributed by atoms with Gasteiger partial charge in [0.25, 0.3) is 0 Å². The average molecular weight is 248 g/mol. The van der Waals surface area contributed by atoms with Crippen LogP contribution in [0.25, 0.3) is 0 Å². The van der Waals surface area contributed by atoms with Crippen LogP contribution >= 0.6 is 0 Å². The molecule has 3 atom stereocenters. The number of carbonyl (C=O) groups excluding carboxylic acids is 1. The van der Waals surface area contributed by atoms with Crippen molar-refractivity contribution in [2.75, 3.05) is 0 Å². The molecule has 0 saturated carbocycles. The molecule has 98 valence electrons. The van der Waals surface area contributed by atoms with E-state index in [1.165, 1.54) is 0 Å². The number of fused-ring (bicyclic) bond motifs is 1. The lowest BCUT2D eigenvalue weighted by Gasteiger charge is -2.21. The van der Waals surface area contributed by atoms with Crippen LogP contribution in [-0.4, -0.2) is 23.3 Å². The summed E-state index contributed by atoms with van der Waals surface area (Å²) >= 11 is 0. The minimum atomic E-state index is -0.448. The van der Waals surface area contributed by atoms with Gasteiger partial charge in [0.15, 0.2) is 0 Å². The Bertz CT molecular complexity index is 419. The van der Waals surface area contributed by atoms with Gasteiger partial charge in [0.2, 0.25) is 0 Å². The van der Waals surface area contributed by atoms with Gasteiger partial charge in [-0.3, -0.25) is 0 Å². The van der Waals surface area contributed by atoms with Crippen LogP contribution in [0.5, 0.6) is 0 Å². The van der Waals surface area contributed by atoms with Crippen LogP contribution in [-0.2, 0) is 9.53 Å². The van der Waals surface area contributed by atoms with Crippen LogP contribution in [0.15, 0.2) is 36.0 Å². The predicted octanol–water partition coefficient (Wildman–Crippen LogP) is 2.52. The summed E-state index contributed by atoms with van der Waals surface area (Å²) in [5.74, 6) is -0.269. The molecule has 0 spiro atoms.